The number of hydrogen-bond donors (Lipinski definition) is 1. The van der Waals surface area contributed by atoms with Gasteiger partial charge >= 0.3 is 6.09 Å². The molecule has 2 aromatic heterocycles. The van der Waals surface area contributed by atoms with Crippen molar-refractivity contribution >= 4 is 6.09 Å². The Labute approximate surface area is 215 Å². The summed E-state index contributed by atoms with van der Waals surface area (Å²) in [6.07, 6.45) is 14.2. The van der Waals surface area contributed by atoms with Gasteiger partial charge in [0, 0.05) is 48.7 Å². The summed E-state index contributed by atoms with van der Waals surface area (Å²) in [6.45, 7) is 11.3. The third kappa shape index (κ3) is 5.85. The monoisotopic (exact) mass is 494 g/mol. The normalized spacial score (nSPS) is 24.3. The number of carbonyl (C=O) groups is 1. The van der Waals surface area contributed by atoms with Gasteiger partial charge in [0.1, 0.15) is 17.2 Å². The fourth-order valence-electron chi connectivity index (χ4n) is 6.13. The molecule has 36 heavy (non-hydrogen) atoms. The number of piperidine rings is 2. The van der Waals surface area contributed by atoms with Crippen molar-refractivity contribution < 1.29 is 9.53 Å². The van der Waals surface area contributed by atoms with Crippen LogP contribution < -0.4 is 5.32 Å². The summed E-state index contributed by atoms with van der Waals surface area (Å²) < 4.78 is 5.63. The van der Waals surface area contributed by atoms with Crippen LogP contribution in [0.4, 0.5) is 4.79 Å². The Bertz CT molecular complexity index is 973. The number of nitrogens with zero attached hydrogens (tertiary/aromatic N) is 5. The topological polar surface area (TPSA) is 93.1 Å². The second-order valence-electron chi connectivity index (χ2n) is 11.4. The molecule has 0 aromatic carbocycles. The van der Waals surface area contributed by atoms with Crippen molar-refractivity contribution in [3.63, 3.8) is 0 Å². The fraction of sp³-hybridized carbons (Fsp3) is 0.679. The zero-order valence-electron chi connectivity index (χ0n) is 22.4. The Morgan fingerprint density at radius 2 is 1.64 bits per heavy atom. The number of aromatic nitrogens is 4. The Hall–Kier alpha value is -2.61. The van der Waals surface area contributed by atoms with Gasteiger partial charge in [-0.25, -0.2) is 24.7 Å². The standard InChI is InChI=1S/C28H42N6O2/c1-5-28(24-32-16-8-17-33-24)11-18-29-21-22(28)9-6-10-27(23-30-14-7-15-31-23)12-19-34(20-13-27)25(35)36-26(2,3)4/h7-8,14-17,22,29H,5-6,9-13,18-21H2,1-4H3. The first-order valence-electron chi connectivity index (χ1n) is 13.5. The minimum atomic E-state index is -0.490. The SMILES string of the molecule is CCC1(c2ncccn2)CCNCC1CCCC1(c2ncccn2)CCN(C(=O)OC(C)(C)C)CC1. The summed E-state index contributed by atoms with van der Waals surface area (Å²) in [5.41, 5.74) is -0.598. The summed E-state index contributed by atoms with van der Waals surface area (Å²) in [5, 5.41) is 3.62. The lowest BCUT2D eigenvalue weighted by Crippen LogP contribution is -2.49. The van der Waals surface area contributed by atoms with Crippen LogP contribution in [0.25, 0.3) is 0 Å². The first-order valence-corrected chi connectivity index (χ1v) is 13.5. The lowest BCUT2D eigenvalue weighted by atomic mass is 9.65. The Kier molecular flexibility index (Phi) is 8.23. The number of likely N-dealkylation sites (tertiary alicyclic amines) is 1. The van der Waals surface area contributed by atoms with Crippen LogP contribution in [0.15, 0.2) is 36.9 Å². The van der Waals surface area contributed by atoms with Crippen molar-refractivity contribution in [1.82, 2.24) is 30.2 Å². The van der Waals surface area contributed by atoms with Crippen LogP contribution in [-0.2, 0) is 15.6 Å². The molecule has 0 bridgehead atoms. The summed E-state index contributed by atoms with van der Waals surface area (Å²) in [6, 6.07) is 3.77. The molecule has 4 rings (SSSR count). The van der Waals surface area contributed by atoms with Gasteiger partial charge in [0.15, 0.2) is 0 Å². The van der Waals surface area contributed by atoms with Gasteiger partial charge in [0.2, 0.25) is 0 Å². The highest BCUT2D eigenvalue weighted by atomic mass is 16.6. The molecule has 0 aliphatic carbocycles. The Balaban J connectivity index is 1.46. The van der Waals surface area contributed by atoms with Crippen LogP contribution in [0.5, 0.6) is 0 Å². The lowest BCUT2D eigenvalue weighted by molar-refractivity contribution is 0.0150. The van der Waals surface area contributed by atoms with Crippen LogP contribution in [-0.4, -0.2) is 62.7 Å². The van der Waals surface area contributed by atoms with E-state index >= 15 is 0 Å². The molecule has 2 aliphatic heterocycles. The fourth-order valence-corrected chi connectivity index (χ4v) is 6.13. The highest BCUT2D eigenvalue weighted by molar-refractivity contribution is 5.68. The van der Waals surface area contributed by atoms with Gasteiger partial charge in [0.05, 0.1) is 0 Å². The molecule has 0 saturated carbocycles. The second-order valence-corrected chi connectivity index (χ2v) is 11.4. The average molecular weight is 495 g/mol. The maximum atomic E-state index is 12.7. The van der Waals surface area contributed by atoms with E-state index in [1.54, 1.807) is 0 Å². The van der Waals surface area contributed by atoms with Crippen molar-refractivity contribution in [3.05, 3.63) is 48.6 Å². The number of hydrogen-bond acceptors (Lipinski definition) is 7. The van der Waals surface area contributed by atoms with Gasteiger partial charge in [-0.05, 0) is 90.4 Å². The second kappa shape index (κ2) is 11.2. The van der Waals surface area contributed by atoms with E-state index < -0.39 is 5.60 Å². The van der Waals surface area contributed by atoms with E-state index in [9.17, 15) is 4.79 Å². The van der Waals surface area contributed by atoms with Crippen LogP contribution in [0, 0.1) is 5.92 Å². The van der Waals surface area contributed by atoms with Crippen LogP contribution in [0.1, 0.15) is 84.3 Å². The highest BCUT2D eigenvalue weighted by Crippen LogP contribution is 2.44. The molecular weight excluding hydrogens is 452 g/mol. The predicted octanol–water partition coefficient (Wildman–Crippen LogP) is 4.66. The zero-order chi connectivity index (χ0) is 25.7. The molecule has 2 atom stereocenters. The largest absolute Gasteiger partial charge is 0.444 e. The van der Waals surface area contributed by atoms with E-state index in [1.165, 1.54) is 0 Å². The predicted molar refractivity (Wildman–Crippen MR) is 140 cm³/mol. The summed E-state index contributed by atoms with van der Waals surface area (Å²) in [4.78, 5) is 33.3. The maximum absolute atomic E-state index is 12.7. The summed E-state index contributed by atoms with van der Waals surface area (Å²) in [5.74, 6) is 2.38. The van der Waals surface area contributed by atoms with Crippen molar-refractivity contribution in [1.29, 1.82) is 0 Å². The van der Waals surface area contributed by atoms with E-state index in [2.05, 4.69) is 22.2 Å². The third-order valence-corrected chi connectivity index (χ3v) is 8.18. The van der Waals surface area contributed by atoms with Crippen molar-refractivity contribution in [2.75, 3.05) is 26.2 Å². The molecule has 1 N–H and O–H groups in total. The lowest BCUT2D eigenvalue weighted by Gasteiger charge is -2.44. The third-order valence-electron chi connectivity index (χ3n) is 8.18. The summed E-state index contributed by atoms with van der Waals surface area (Å²) in [7, 11) is 0. The molecule has 4 heterocycles. The molecule has 8 nitrogen and oxygen atoms in total. The minimum Gasteiger partial charge on any atom is -0.444 e. The quantitative estimate of drug-likeness (QED) is 0.598. The zero-order valence-corrected chi connectivity index (χ0v) is 22.4. The molecule has 2 aliphatic rings. The van der Waals surface area contributed by atoms with Crippen LogP contribution >= 0.6 is 0 Å². The first kappa shape index (κ1) is 26.5. The summed E-state index contributed by atoms with van der Waals surface area (Å²) >= 11 is 0. The van der Waals surface area contributed by atoms with Crippen molar-refractivity contribution in [2.45, 2.75) is 89.1 Å². The van der Waals surface area contributed by atoms with E-state index in [1.807, 2.05) is 62.6 Å². The highest BCUT2D eigenvalue weighted by Gasteiger charge is 2.44. The number of amides is 1. The van der Waals surface area contributed by atoms with Gasteiger partial charge in [0.25, 0.3) is 0 Å². The van der Waals surface area contributed by atoms with Crippen molar-refractivity contribution in [3.8, 4) is 0 Å². The van der Waals surface area contributed by atoms with E-state index in [4.69, 9.17) is 14.7 Å². The molecule has 0 spiro atoms. The molecule has 1 amide bonds. The number of ether oxygens (including phenoxy) is 1. The Morgan fingerprint density at radius 1 is 1.03 bits per heavy atom. The molecule has 2 fully saturated rings. The molecule has 2 unspecified atom stereocenters. The van der Waals surface area contributed by atoms with Crippen LogP contribution in [0.3, 0.4) is 0 Å². The smallest absolute Gasteiger partial charge is 0.410 e. The molecular formula is C28H42N6O2. The van der Waals surface area contributed by atoms with Crippen molar-refractivity contribution in [2.24, 2.45) is 5.92 Å². The van der Waals surface area contributed by atoms with Gasteiger partial charge < -0.3 is 15.0 Å². The first-order chi connectivity index (χ1) is 17.3. The van der Waals surface area contributed by atoms with Gasteiger partial charge in [-0.2, -0.15) is 0 Å². The van der Waals surface area contributed by atoms with Crippen LogP contribution in [0.2, 0.25) is 0 Å². The maximum Gasteiger partial charge on any atom is 0.410 e. The van der Waals surface area contributed by atoms with E-state index in [0.29, 0.717) is 19.0 Å². The molecule has 2 saturated heterocycles. The molecule has 196 valence electrons. The number of carbonyl (C=O) groups excluding carboxylic acids is 1. The molecule has 8 heteroatoms. The number of rotatable bonds is 7. The average Bonchev–Trinajstić information content (AvgIpc) is 2.89. The molecule has 2 aromatic rings. The van der Waals surface area contributed by atoms with Gasteiger partial charge in [-0.15, -0.1) is 0 Å². The van der Waals surface area contributed by atoms with E-state index in [-0.39, 0.29) is 16.9 Å². The number of nitrogens with one attached hydrogen (secondary N) is 1. The Morgan fingerprint density at radius 3 is 2.22 bits per heavy atom. The van der Waals surface area contributed by atoms with Gasteiger partial charge in [-0.3, -0.25) is 0 Å². The van der Waals surface area contributed by atoms with Gasteiger partial charge in [-0.1, -0.05) is 13.3 Å². The molecule has 0 radical (unpaired) electrons. The van der Waals surface area contributed by atoms with E-state index in [0.717, 1.165) is 69.7 Å². The minimum absolute atomic E-state index is 0.0169.